The maximum Gasteiger partial charge on any atom is 0.264 e. The third-order valence-corrected chi connectivity index (χ3v) is 8.52. The summed E-state index contributed by atoms with van der Waals surface area (Å²) in [4.78, 5) is 13.6. The first-order valence-corrected chi connectivity index (χ1v) is 14.3. The second-order valence-corrected chi connectivity index (χ2v) is 11.7. The molecule has 1 N–H and O–H groups in total. The lowest BCUT2D eigenvalue weighted by molar-refractivity contribution is -0.120. The van der Waals surface area contributed by atoms with Gasteiger partial charge in [-0.15, -0.1) is 0 Å². The van der Waals surface area contributed by atoms with Crippen molar-refractivity contribution in [1.82, 2.24) is 5.32 Å². The minimum absolute atomic E-state index is 0.0387. The summed E-state index contributed by atoms with van der Waals surface area (Å²) >= 11 is 3.37. The number of rotatable bonds is 9. The normalized spacial score (nSPS) is 12.0. The molecule has 8 heteroatoms. The summed E-state index contributed by atoms with van der Waals surface area (Å²) in [5, 5.41) is 3.07. The van der Waals surface area contributed by atoms with Crippen LogP contribution >= 0.6 is 15.9 Å². The number of hydrogen-bond acceptors (Lipinski definition) is 4. The van der Waals surface area contributed by atoms with Crippen molar-refractivity contribution in [2.45, 2.75) is 24.8 Å². The molecular formula is C30H29BrN2O4S. The number of carbonyl (C=O) groups is 1. The molecule has 0 aliphatic heterocycles. The monoisotopic (exact) mass is 592 g/mol. The van der Waals surface area contributed by atoms with Gasteiger partial charge in [-0.05, 0) is 71.2 Å². The maximum absolute atomic E-state index is 13.9. The standard InChI is InChI=1S/C30H29BrN2O4S/c1-21-12-14-25(15-13-21)33(38(35,36)26-16-17-28(37-3)27(31)19-26)20-29(34)32-30(23-9-5-4-6-10-23)24-11-7-8-22(2)18-24/h4-19,30H,20H2,1-3H3,(H,32,34). The zero-order valence-electron chi connectivity index (χ0n) is 21.4. The first kappa shape index (κ1) is 27.4. The molecule has 0 aromatic heterocycles. The van der Waals surface area contributed by atoms with Crippen molar-refractivity contribution in [3.05, 3.63) is 124 Å². The van der Waals surface area contributed by atoms with E-state index in [0.717, 1.165) is 26.6 Å². The van der Waals surface area contributed by atoms with Crippen LogP contribution in [0.15, 0.2) is 106 Å². The van der Waals surface area contributed by atoms with E-state index in [4.69, 9.17) is 4.74 Å². The molecular weight excluding hydrogens is 564 g/mol. The van der Waals surface area contributed by atoms with E-state index in [-0.39, 0.29) is 4.90 Å². The molecule has 6 nitrogen and oxygen atoms in total. The van der Waals surface area contributed by atoms with Crippen LogP contribution in [-0.4, -0.2) is 28.0 Å². The van der Waals surface area contributed by atoms with Gasteiger partial charge in [0, 0.05) is 0 Å². The molecule has 1 unspecified atom stereocenters. The van der Waals surface area contributed by atoms with Gasteiger partial charge in [0.15, 0.2) is 0 Å². The van der Waals surface area contributed by atoms with Crippen LogP contribution in [0.1, 0.15) is 28.3 Å². The third-order valence-electron chi connectivity index (χ3n) is 6.13. The number of hydrogen-bond donors (Lipinski definition) is 1. The number of ether oxygens (including phenoxy) is 1. The molecule has 4 aromatic rings. The maximum atomic E-state index is 13.9. The summed E-state index contributed by atoms with van der Waals surface area (Å²) in [6, 6.07) is 28.6. The lowest BCUT2D eigenvalue weighted by Crippen LogP contribution is -2.42. The highest BCUT2D eigenvalue weighted by atomic mass is 79.9. The molecule has 0 saturated heterocycles. The summed E-state index contributed by atoms with van der Waals surface area (Å²) in [7, 11) is -2.59. The van der Waals surface area contributed by atoms with Gasteiger partial charge < -0.3 is 10.1 Å². The molecule has 0 saturated carbocycles. The molecule has 0 bridgehead atoms. The second kappa shape index (κ2) is 11.8. The minimum Gasteiger partial charge on any atom is -0.496 e. The van der Waals surface area contributed by atoms with Gasteiger partial charge in [-0.1, -0.05) is 77.9 Å². The number of nitrogens with one attached hydrogen (secondary N) is 1. The molecule has 38 heavy (non-hydrogen) atoms. The number of nitrogens with zero attached hydrogens (tertiary/aromatic N) is 1. The summed E-state index contributed by atoms with van der Waals surface area (Å²) in [6.45, 7) is 3.51. The van der Waals surface area contributed by atoms with E-state index in [1.807, 2.05) is 80.6 Å². The zero-order chi connectivity index (χ0) is 27.3. The predicted octanol–water partition coefficient (Wildman–Crippen LogP) is 6.18. The van der Waals surface area contributed by atoms with Gasteiger partial charge in [0.1, 0.15) is 12.3 Å². The fourth-order valence-electron chi connectivity index (χ4n) is 4.15. The molecule has 0 spiro atoms. The fraction of sp³-hybridized carbons (Fsp3) is 0.167. The summed E-state index contributed by atoms with van der Waals surface area (Å²) in [5.41, 5.74) is 4.24. The Kier molecular flexibility index (Phi) is 8.54. The highest BCUT2D eigenvalue weighted by Gasteiger charge is 2.29. The Hall–Kier alpha value is -3.62. The van der Waals surface area contributed by atoms with E-state index in [1.54, 1.807) is 18.2 Å². The van der Waals surface area contributed by atoms with Crippen LogP contribution in [0, 0.1) is 13.8 Å². The molecule has 0 radical (unpaired) electrons. The molecule has 1 amide bonds. The first-order chi connectivity index (χ1) is 18.2. The van der Waals surface area contributed by atoms with Crippen molar-refractivity contribution in [3.8, 4) is 5.75 Å². The van der Waals surface area contributed by atoms with Crippen LogP contribution in [0.3, 0.4) is 0 Å². The third kappa shape index (κ3) is 6.26. The Morgan fingerprint density at radius 1 is 0.868 bits per heavy atom. The van der Waals surface area contributed by atoms with Gasteiger partial charge in [-0.25, -0.2) is 8.42 Å². The van der Waals surface area contributed by atoms with Crippen LogP contribution < -0.4 is 14.4 Å². The smallest absolute Gasteiger partial charge is 0.264 e. The Balaban J connectivity index is 1.70. The quantitative estimate of drug-likeness (QED) is 0.252. The fourth-order valence-corrected chi connectivity index (χ4v) is 6.29. The Morgan fingerprint density at radius 3 is 2.18 bits per heavy atom. The Labute approximate surface area is 232 Å². The zero-order valence-corrected chi connectivity index (χ0v) is 23.8. The average Bonchev–Trinajstić information content (AvgIpc) is 2.91. The molecule has 1 atom stereocenters. The predicted molar refractivity (Wildman–Crippen MR) is 154 cm³/mol. The average molecular weight is 594 g/mol. The van der Waals surface area contributed by atoms with Crippen molar-refractivity contribution in [2.75, 3.05) is 18.0 Å². The molecule has 4 rings (SSSR count). The first-order valence-electron chi connectivity index (χ1n) is 12.0. The van der Waals surface area contributed by atoms with Gasteiger partial charge in [0.2, 0.25) is 5.91 Å². The van der Waals surface area contributed by atoms with Crippen molar-refractivity contribution >= 4 is 37.5 Å². The van der Waals surface area contributed by atoms with E-state index < -0.39 is 28.5 Å². The van der Waals surface area contributed by atoms with Gasteiger partial charge in [0.25, 0.3) is 10.0 Å². The van der Waals surface area contributed by atoms with E-state index in [9.17, 15) is 13.2 Å². The molecule has 0 fully saturated rings. The second-order valence-electron chi connectivity index (χ2n) is 8.97. The number of sulfonamides is 1. The van der Waals surface area contributed by atoms with E-state index in [2.05, 4.69) is 21.2 Å². The Bertz CT molecular complexity index is 1520. The lowest BCUT2D eigenvalue weighted by atomic mass is 9.97. The van der Waals surface area contributed by atoms with Gasteiger partial charge in [-0.2, -0.15) is 0 Å². The van der Waals surface area contributed by atoms with Crippen molar-refractivity contribution in [2.24, 2.45) is 0 Å². The van der Waals surface area contributed by atoms with Crippen LogP contribution in [-0.2, 0) is 14.8 Å². The lowest BCUT2D eigenvalue weighted by Gasteiger charge is -2.26. The largest absolute Gasteiger partial charge is 0.496 e. The molecule has 0 aliphatic rings. The number of amides is 1. The number of aryl methyl sites for hydroxylation is 2. The van der Waals surface area contributed by atoms with Crippen LogP contribution in [0.25, 0.3) is 0 Å². The molecule has 4 aromatic carbocycles. The Morgan fingerprint density at radius 2 is 1.55 bits per heavy atom. The number of carbonyl (C=O) groups excluding carboxylic acids is 1. The summed E-state index contributed by atoms with van der Waals surface area (Å²) < 4.78 is 34.6. The molecule has 196 valence electrons. The van der Waals surface area contributed by atoms with Crippen LogP contribution in [0.2, 0.25) is 0 Å². The number of benzene rings is 4. The summed E-state index contributed by atoms with van der Waals surface area (Å²) in [5.74, 6) is 0.0736. The number of halogens is 1. The molecule has 0 aliphatic carbocycles. The van der Waals surface area contributed by atoms with Gasteiger partial charge in [0.05, 0.1) is 28.2 Å². The van der Waals surface area contributed by atoms with Crippen molar-refractivity contribution in [1.29, 1.82) is 0 Å². The SMILES string of the molecule is COc1ccc(S(=O)(=O)N(CC(=O)NC(c2ccccc2)c2cccc(C)c2)c2ccc(C)cc2)cc1Br. The van der Waals surface area contributed by atoms with Crippen LogP contribution in [0.4, 0.5) is 5.69 Å². The van der Waals surface area contributed by atoms with Crippen LogP contribution in [0.5, 0.6) is 5.75 Å². The van der Waals surface area contributed by atoms with Crippen molar-refractivity contribution in [3.63, 3.8) is 0 Å². The van der Waals surface area contributed by atoms with E-state index >= 15 is 0 Å². The minimum atomic E-state index is -4.09. The van der Waals surface area contributed by atoms with E-state index in [1.165, 1.54) is 19.2 Å². The number of anilines is 1. The van der Waals surface area contributed by atoms with Gasteiger partial charge >= 0.3 is 0 Å². The highest BCUT2D eigenvalue weighted by Crippen LogP contribution is 2.31. The molecule has 0 heterocycles. The van der Waals surface area contributed by atoms with E-state index in [0.29, 0.717) is 15.9 Å². The van der Waals surface area contributed by atoms with Gasteiger partial charge in [-0.3, -0.25) is 9.10 Å². The highest BCUT2D eigenvalue weighted by molar-refractivity contribution is 9.10. The van der Waals surface area contributed by atoms with Crippen molar-refractivity contribution < 1.29 is 17.9 Å². The summed E-state index contributed by atoms with van der Waals surface area (Å²) in [6.07, 6.45) is 0. The topological polar surface area (TPSA) is 75.7 Å². The number of methoxy groups -OCH3 is 1.